The number of carbonyl (C=O) groups is 1. The van der Waals surface area contributed by atoms with Crippen LogP contribution in [0.3, 0.4) is 0 Å². The lowest BCUT2D eigenvalue weighted by molar-refractivity contribution is 0.100. The number of thiazole rings is 2. The van der Waals surface area contributed by atoms with Crippen molar-refractivity contribution in [3.63, 3.8) is 0 Å². The van der Waals surface area contributed by atoms with Gasteiger partial charge in [-0.3, -0.25) is 4.79 Å². The Bertz CT molecular complexity index is 625. The number of carbonyl (C=O) groups excluding carboxylic acids is 1. The molecular weight excluding hydrogens is 266 g/mol. The number of hydrogen-bond acceptors (Lipinski definition) is 5. The predicted molar refractivity (Wildman–Crippen MR) is 71.9 cm³/mol. The summed E-state index contributed by atoms with van der Waals surface area (Å²) in [7, 11) is 0. The number of nitrogens with zero attached hydrogens (tertiary/aromatic N) is 2. The lowest BCUT2D eigenvalue weighted by Gasteiger charge is -2.00. The van der Waals surface area contributed by atoms with Gasteiger partial charge in [-0.1, -0.05) is 6.92 Å². The van der Waals surface area contributed by atoms with Crippen LogP contribution in [0.1, 0.15) is 40.1 Å². The molecule has 1 fully saturated rings. The van der Waals surface area contributed by atoms with Gasteiger partial charge >= 0.3 is 0 Å². The molecule has 2 N–H and O–H groups in total. The van der Waals surface area contributed by atoms with Crippen LogP contribution in [0.5, 0.6) is 0 Å². The molecule has 0 unspecified atom stereocenters. The number of amides is 1. The molecule has 3 rings (SSSR count). The number of rotatable bonds is 3. The van der Waals surface area contributed by atoms with Gasteiger partial charge in [-0.2, -0.15) is 0 Å². The Hall–Kier alpha value is -1.27. The van der Waals surface area contributed by atoms with Crippen molar-refractivity contribution in [1.29, 1.82) is 0 Å². The van der Waals surface area contributed by atoms with Crippen LogP contribution in [-0.2, 0) is 5.41 Å². The number of aromatic nitrogens is 2. The SMILES string of the molecule is Cc1n[c]sc1-c1nc(C2(C)CC2)sc1C(N)=O. The largest absolute Gasteiger partial charge is 0.365 e. The summed E-state index contributed by atoms with van der Waals surface area (Å²) in [5.74, 6) is -0.411. The molecule has 1 saturated carbocycles. The molecular formula is C12H12N3OS2. The Morgan fingerprint density at radius 3 is 2.72 bits per heavy atom. The quantitative estimate of drug-likeness (QED) is 0.938. The molecule has 1 radical (unpaired) electrons. The Kier molecular flexibility index (Phi) is 2.53. The van der Waals surface area contributed by atoms with Gasteiger partial charge in [0.2, 0.25) is 0 Å². The second-order valence-corrected chi connectivity index (χ2v) is 6.64. The highest BCUT2D eigenvalue weighted by molar-refractivity contribution is 7.16. The number of nitrogens with two attached hydrogens (primary N) is 1. The highest BCUT2D eigenvalue weighted by Gasteiger charge is 2.43. The zero-order valence-corrected chi connectivity index (χ0v) is 11.7. The first-order chi connectivity index (χ1) is 8.51. The van der Waals surface area contributed by atoms with Crippen LogP contribution in [0.4, 0.5) is 0 Å². The highest BCUT2D eigenvalue weighted by atomic mass is 32.1. The van der Waals surface area contributed by atoms with Crippen LogP contribution < -0.4 is 5.73 Å². The second-order valence-electron chi connectivity index (χ2n) is 4.84. The summed E-state index contributed by atoms with van der Waals surface area (Å²) in [4.78, 5) is 21.7. The first-order valence-electron chi connectivity index (χ1n) is 5.66. The number of hydrogen-bond donors (Lipinski definition) is 1. The van der Waals surface area contributed by atoms with Crippen molar-refractivity contribution in [2.24, 2.45) is 5.73 Å². The van der Waals surface area contributed by atoms with Crippen molar-refractivity contribution in [3.05, 3.63) is 21.1 Å². The summed E-state index contributed by atoms with van der Waals surface area (Å²) < 4.78 is 0. The molecule has 0 atom stereocenters. The zero-order chi connectivity index (χ0) is 12.9. The van der Waals surface area contributed by atoms with E-state index in [4.69, 9.17) is 5.73 Å². The van der Waals surface area contributed by atoms with Gasteiger partial charge < -0.3 is 5.73 Å². The molecule has 93 valence electrons. The van der Waals surface area contributed by atoms with Crippen molar-refractivity contribution in [2.75, 3.05) is 0 Å². The van der Waals surface area contributed by atoms with Gasteiger partial charge in [0.15, 0.2) is 5.51 Å². The van der Waals surface area contributed by atoms with Gasteiger partial charge in [-0.05, 0) is 19.8 Å². The topological polar surface area (TPSA) is 68.9 Å². The molecule has 4 nitrogen and oxygen atoms in total. The van der Waals surface area contributed by atoms with E-state index in [0.29, 0.717) is 10.6 Å². The van der Waals surface area contributed by atoms with Crippen molar-refractivity contribution >= 4 is 28.6 Å². The van der Waals surface area contributed by atoms with E-state index < -0.39 is 5.91 Å². The molecule has 0 aliphatic heterocycles. The van der Waals surface area contributed by atoms with Crippen molar-refractivity contribution in [3.8, 4) is 10.6 Å². The Labute approximate surface area is 113 Å². The van der Waals surface area contributed by atoms with Crippen LogP contribution in [-0.4, -0.2) is 15.9 Å². The summed E-state index contributed by atoms with van der Waals surface area (Å²) in [6.45, 7) is 4.07. The molecule has 2 heterocycles. The predicted octanol–water partition coefficient (Wildman–Crippen LogP) is 2.53. The molecule has 0 saturated heterocycles. The average molecular weight is 278 g/mol. The maximum absolute atomic E-state index is 11.6. The summed E-state index contributed by atoms with van der Waals surface area (Å²) in [5, 5.41) is 1.01. The summed E-state index contributed by atoms with van der Waals surface area (Å²) in [5.41, 5.74) is 9.97. The van der Waals surface area contributed by atoms with Gasteiger partial charge in [-0.25, -0.2) is 9.97 Å². The monoisotopic (exact) mass is 278 g/mol. The smallest absolute Gasteiger partial charge is 0.261 e. The first kappa shape index (κ1) is 11.8. The van der Waals surface area contributed by atoms with Crippen molar-refractivity contribution in [2.45, 2.75) is 32.1 Å². The third-order valence-electron chi connectivity index (χ3n) is 3.27. The van der Waals surface area contributed by atoms with Gasteiger partial charge in [0.1, 0.15) is 10.6 Å². The van der Waals surface area contributed by atoms with E-state index in [-0.39, 0.29) is 5.41 Å². The molecule has 2 aromatic rings. The minimum atomic E-state index is -0.411. The Morgan fingerprint density at radius 1 is 1.50 bits per heavy atom. The number of primary amides is 1. The van der Waals surface area contributed by atoms with Crippen LogP contribution in [0.2, 0.25) is 0 Å². The normalized spacial score (nSPS) is 16.8. The fourth-order valence-corrected chi connectivity index (χ4v) is 3.68. The fraction of sp³-hybridized carbons (Fsp3) is 0.417. The van der Waals surface area contributed by atoms with E-state index in [2.05, 4.69) is 22.4 Å². The minimum Gasteiger partial charge on any atom is -0.365 e. The first-order valence-corrected chi connectivity index (χ1v) is 7.29. The third-order valence-corrected chi connectivity index (χ3v) is 5.52. The molecule has 1 aliphatic rings. The van der Waals surface area contributed by atoms with Gasteiger partial charge in [0, 0.05) is 5.41 Å². The van der Waals surface area contributed by atoms with Crippen LogP contribution in [0.25, 0.3) is 10.6 Å². The van der Waals surface area contributed by atoms with Crippen LogP contribution >= 0.6 is 22.7 Å². The highest BCUT2D eigenvalue weighted by Crippen LogP contribution is 2.50. The lowest BCUT2D eigenvalue weighted by Crippen LogP contribution is -2.10. The molecule has 2 aromatic heterocycles. The van der Waals surface area contributed by atoms with Crippen LogP contribution in [0, 0.1) is 12.4 Å². The van der Waals surface area contributed by atoms with E-state index >= 15 is 0 Å². The molecule has 0 bridgehead atoms. The average Bonchev–Trinajstić information content (AvgIpc) is 2.79. The van der Waals surface area contributed by atoms with Gasteiger partial charge in [0.25, 0.3) is 5.91 Å². The maximum Gasteiger partial charge on any atom is 0.261 e. The van der Waals surface area contributed by atoms with E-state index in [1.807, 2.05) is 6.92 Å². The van der Waals surface area contributed by atoms with E-state index in [0.717, 1.165) is 28.4 Å². The maximum atomic E-state index is 11.6. The van der Waals surface area contributed by atoms with Gasteiger partial charge in [-0.15, -0.1) is 22.7 Å². The summed E-state index contributed by atoms with van der Waals surface area (Å²) in [6.07, 6.45) is 2.26. The molecule has 6 heteroatoms. The third kappa shape index (κ3) is 1.76. The summed E-state index contributed by atoms with van der Waals surface area (Å²) >= 11 is 2.80. The van der Waals surface area contributed by atoms with Gasteiger partial charge in [0.05, 0.1) is 15.6 Å². The van der Waals surface area contributed by atoms with E-state index in [1.54, 1.807) is 0 Å². The number of aryl methyl sites for hydroxylation is 1. The second kappa shape index (κ2) is 3.86. The molecule has 0 aromatic carbocycles. The van der Waals surface area contributed by atoms with Crippen molar-refractivity contribution < 1.29 is 4.79 Å². The molecule has 18 heavy (non-hydrogen) atoms. The Balaban J connectivity index is 2.16. The van der Waals surface area contributed by atoms with Crippen LogP contribution in [0.15, 0.2) is 0 Å². The minimum absolute atomic E-state index is 0.148. The zero-order valence-electron chi connectivity index (χ0n) is 10.1. The van der Waals surface area contributed by atoms with E-state index in [1.165, 1.54) is 22.7 Å². The molecule has 1 amide bonds. The fourth-order valence-electron chi connectivity index (χ4n) is 1.78. The molecule has 1 aliphatic carbocycles. The van der Waals surface area contributed by atoms with E-state index in [9.17, 15) is 4.79 Å². The van der Waals surface area contributed by atoms with Crippen molar-refractivity contribution in [1.82, 2.24) is 9.97 Å². The Morgan fingerprint density at radius 2 is 2.22 bits per heavy atom. The lowest BCUT2D eigenvalue weighted by atomic mass is 10.1. The summed E-state index contributed by atoms with van der Waals surface area (Å²) in [6, 6.07) is 0. The molecule has 0 spiro atoms. The standard InChI is InChI=1S/C12H12N3OS2/c1-6-8(17-5-14-6)7-9(10(13)16)18-11(15-7)12(2)3-4-12/h3-4H2,1-2H3,(H2,13,16).